The summed E-state index contributed by atoms with van der Waals surface area (Å²) in [6.07, 6.45) is 7.05. The van der Waals surface area contributed by atoms with Crippen molar-refractivity contribution in [1.82, 2.24) is 10.6 Å². The largest absolute Gasteiger partial charge is 0.353 e. The van der Waals surface area contributed by atoms with Crippen LogP contribution in [0.25, 0.3) is 0 Å². The third-order valence-corrected chi connectivity index (χ3v) is 4.91. The Bertz CT molecular complexity index is 277. The smallest absolute Gasteiger partial charge is 0.223 e. The number of hydrogen-bond acceptors (Lipinski definition) is 2. The Kier molecular flexibility index (Phi) is 7.16. The van der Waals surface area contributed by atoms with Crippen molar-refractivity contribution in [3.63, 3.8) is 0 Å². The van der Waals surface area contributed by atoms with Crippen molar-refractivity contribution in [3.05, 3.63) is 0 Å². The number of halogens is 1. The second-order valence-electron chi connectivity index (χ2n) is 6.21. The number of piperidine rings is 1. The zero-order valence-electron chi connectivity index (χ0n) is 12.3. The van der Waals surface area contributed by atoms with Crippen molar-refractivity contribution < 1.29 is 4.79 Å². The van der Waals surface area contributed by atoms with Gasteiger partial charge in [0.2, 0.25) is 5.91 Å². The summed E-state index contributed by atoms with van der Waals surface area (Å²) in [5, 5.41) is 6.67. The van der Waals surface area contributed by atoms with Crippen LogP contribution in [0.15, 0.2) is 0 Å². The van der Waals surface area contributed by atoms with Crippen LogP contribution in [0.2, 0.25) is 0 Å². The molecule has 0 aromatic rings. The second kappa shape index (κ2) is 8.11. The van der Waals surface area contributed by atoms with E-state index >= 15 is 0 Å². The first-order valence-corrected chi connectivity index (χ1v) is 7.71. The topological polar surface area (TPSA) is 41.1 Å². The summed E-state index contributed by atoms with van der Waals surface area (Å²) < 4.78 is 0. The molecular weight excluding hydrogens is 260 g/mol. The first-order valence-electron chi connectivity index (χ1n) is 7.71. The van der Waals surface area contributed by atoms with Gasteiger partial charge >= 0.3 is 0 Å². The minimum atomic E-state index is 0. The molecule has 2 N–H and O–H groups in total. The molecule has 4 heteroatoms. The lowest BCUT2D eigenvalue weighted by Crippen LogP contribution is -2.50. The Morgan fingerprint density at radius 2 is 1.89 bits per heavy atom. The first-order chi connectivity index (χ1) is 8.70. The number of rotatable bonds is 3. The molecule has 0 aromatic carbocycles. The minimum absolute atomic E-state index is 0. The summed E-state index contributed by atoms with van der Waals surface area (Å²) in [4.78, 5) is 12.3. The zero-order chi connectivity index (χ0) is 13.0. The van der Waals surface area contributed by atoms with E-state index in [1.165, 1.54) is 19.3 Å². The predicted octanol–water partition coefficient (Wildman–Crippen LogP) is 2.74. The lowest BCUT2D eigenvalue weighted by atomic mass is 9.80. The minimum Gasteiger partial charge on any atom is -0.353 e. The molecule has 1 aliphatic carbocycles. The zero-order valence-corrected chi connectivity index (χ0v) is 13.1. The Balaban J connectivity index is 0.00000180. The van der Waals surface area contributed by atoms with E-state index in [9.17, 15) is 4.79 Å². The van der Waals surface area contributed by atoms with Gasteiger partial charge in [-0.1, -0.05) is 20.3 Å². The van der Waals surface area contributed by atoms with Crippen LogP contribution in [0, 0.1) is 17.8 Å². The van der Waals surface area contributed by atoms with E-state index in [4.69, 9.17) is 0 Å². The molecule has 1 aliphatic heterocycles. The summed E-state index contributed by atoms with van der Waals surface area (Å²) in [5.41, 5.74) is 0. The van der Waals surface area contributed by atoms with Crippen LogP contribution in [0.4, 0.5) is 0 Å². The Hall–Kier alpha value is -0.280. The molecule has 1 amide bonds. The van der Waals surface area contributed by atoms with Gasteiger partial charge in [-0.2, -0.15) is 0 Å². The third-order valence-electron chi connectivity index (χ3n) is 4.91. The predicted molar refractivity (Wildman–Crippen MR) is 81.6 cm³/mol. The van der Waals surface area contributed by atoms with Gasteiger partial charge in [-0.25, -0.2) is 0 Å². The van der Waals surface area contributed by atoms with Gasteiger partial charge in [0.1, 0.15) is 0 Å². The van der Waals surface area contributed by atoms with Gasteiger partial charge in [0.15, 0.2) is 0 Å². The monoisotopic (exact) mass is 288 g/mol. The number of carbonyl (C=O) groups is 1. The highest BCUT2D eigenvalue weighted by Crippen LogP contribution is 2.30. The fraction of sp³-hybridized carbons (Fsp3) is 0.933. The highest BCUT2D eigenvalue weighted by atomic mass is 35.5. The highest BCUT2D eigenvalue weighted by Gasteiger charge is 2.29. The van der Waals surface area contributed by atoms with Gasteiger partial charge in [0.05, 0.1) is 0 Å². The molecule has 1 saturated carbocycles. The van der Waals surface area contributed by atoms with E-state index in [1.807, 2.05) is 0 Å². The normalized spacial score (nSPS) is 35.3. The van der Waals surface area contributed by atoms with Crippen LogP contribution < -0.4 is 10.6 Å². The van der Waals surface area contributed by atoms with Crippen molar-refractivity contribution in [1.29, 1.82) is 0 Å². The molecule has 2 fully saturated rings. The summed E-state index contributed by atoms with van der Waals surface area (Å²) in [6.45, 7) is 6.57. The highest BCUT2D eigenvalue weighted by molar-refractivity contribution is 5.85. The van der Waals surface area contributed by atoms with E-state index in [1.54, 1.807) is 0 Å². The lowest BCUT2D eigenvalue weighted by Gasteiger charge is -2.33. The van der Waals surface area contributed by atoms with Gasteiger partial charge in [-0.05, 0) is 57.0 Å². The molecule has 0 radical (unpaired) electrons. The van der Waals surface area contributed by atoms with Gasteiger partial charge < -0.3 is 10.6 Å². The summed E-state index contributed by atoms with van der Waals surface area (Å²) in [7, 11) is 0. The molecule has 19 heavy (non-hydrogen) atoms. The molecule has 112 valence electrons. The van der Waals surface area contributed by atoms with Crippen LogP contribution in [-0.4, -0.2) is 25.0 Å². The van der Waals surface area contributed by atoms with Gasteiger partial charge in [-0.3, -0.25) is 4.79 Å². The SMILES string of the molecule is CCC1CCC(C(=O)NC2CCNCC2C)CC1.Cl. The van der Waals surface area contributed by atoms with Crippen LogP contribution in [0.1, 0.15) is 52.4 Å². The average molecular weight is 289 g/mol. The fourth-order valence-corrected chi connectivity index (χ4v) is 3.36. The van der Waals surface area contributed by atoms with Crippen molar-refractivity contribution in [3.8, 4) is 0 Å². The summed E-state index contributed by atoms with van der Waals surface area (Å²) >= 11 is 0. The molecule has 3 nitrogen and oxygen atoms in total. The van der Waals surface area contributed by atoms with E-state index in [0.717, 1.165) is 38.3 Å². The van der Waals surface area contributed by atoms with Crippen LogP contribution in [0.3, 0.4) is 0 Å². The lowest BCUT2D eigenvalue weighted by molar-refractivity contribution is -0.127. The van der Waals surface area contributed by atoms with Crippen molar-refractivity contribution >= 4 is 18.3 Å². The molecule has 0 spiro atoms. The molecule has 2 rings (SSSR count). The van der Waals surface area contributed by atoms with Crippen LogP contribution in [-0.2, 0) is 4.79 Å². The third kappa shape index (κ3) is 4.64. The van der Waals surface area contributed by atoms with Gasteiger partial charge in [0, 0.05) is 12.0 Å². The summed E-state index contributed by atoms with van der Waals surface area (Å²) in [5.74, 6) is 2.04. The maximum atomic E-state index is 12.3. The maximum Gasteiger partial charge on any atom is 0.223 e. The number of nitrogens with one attached hydrogen (secondary N) is 2. The fourth-order valence-electron chi connectivity index (χ4n) is 3.36. The van der Waals surface area contributed by atoms with E-state index in [0.29, 0.717) is 17.9 Å². The van der Waals surface area contributed by atoms with Crippen molar-refractivity contribution in [2.45, 2.75) is 58.4 Å². The Labute approximate surface area is 123 Å². The number of amides is 1. The van der Waals surface area contributed by atoms with Crippen molar-refractivity contribution in [2.24, 2.45) is 17.8 Å². The van der Waals surface area contributed by atoms with Crippen molar-refractivity contribution in [2.75, 3.05) is 13.1 Å². The first kappa shape index (κ1) is 16.8. The van der Waals surface area contributed by atoms with E-state index < -0.39 is 0 Å². The van der Waals surface area contributed by atoms with Gasteiger partial charge in [-0.15, -0.1) is 12.4 Å². The molecule has 2 atom stereocenters. The molecule has 0 aromatic heterocycles. The summed E-state index contributed by atoms with van der Waals surface area (Å²) in [6, 6.07) is 0.391. The molecule has 1 heterocycles. The Morgan fingerprint density at radius 1 is 1.21 bits per heavy atom. The molecule has 1 saturated heterocycles. The second-order valence-corrected chi connectivity index (χ2v) is 6.21. The molecule has 2 unspecified atom stereocenters. The Morgan fingerprint density at radius 3 is 2.47 bits per heavy atom. The van der Waals surface area contributed by atoms with E-state index in [-0.39, 0.29) is 18.3 Å². The molecular formula is C15H29ClN2O. The van der Waals surface area contributed by atoms with Crippen LogP contribution in [0.5, 0.6) is 0 Å². The number of hydrogen-bond donors (Lipinski definition) is 2. The van der Waals surface area contributed by atoms with E-state index in [2.05, 4.69) is 24.5 Å². The molecule has 0 bridgehead atoms. The standard InChI is InChI=1S/C15H28N2O.ClH/c1-3-12-4-6-13(7-5-12)15(18)17-14-8-9-16-10-11(14)2;/h11-14,16H,3-10H2,1-2H3,(H,17,18);1H. The quantitative estimate of drug-likeness (QED) is 0.838. The van der Waals surface area contributed by atoms with Gasteiger partial charge in [0.25, 0.3) is 0 Å². The van der Waals surface area contributed by atoms with Crippen LogP contribution >= 0.6 is 12.4 Å². The maximum absolute atomic E-state index is 12.3. The molecule has 2 aliphatic rings. The number of carbonyl (C=O) groups excluding carboxylic acids is 1. The average Bonchev–Trinajstić information content (AvgIpc) is 2.41.